The van der Waals surface area contributed by atoms with Gasteiger partial charge in [-0.1, -0.05) is 29.8 Å². The molecule has 1 unspecified atom stereocenters. The van der Waals surface area contributed by atoms with Gasteiger partial charge in [-0.2, -0.15) is 13.2 Å². The maximum absolute atomic E-state index is 13.3. The standard InChI is InChI=1S/C19H20ClF3N2O/c1-26-15-4-2-3-13(11-15)18(25-9-7-24-8-10-25)14-5-6-17(20)16(12-14)19(21,22)23/h2-6,11-12,18,24H,7-10H2,1H3. The van der Waals surface area contributed by atoms with Gasteiger partial charge in [-0.05, 0) is 35.4 Å². The van der Waals surface area contributed by atoms with E-state index in [0.717, 1.165) is 37.8 Å². The number of nitrogens with zero attached hydrogens (tertiary/aromatic N) is 1. The zero-order valence-electron chi connectivity index (χ0n) is 14.3. The molecule has 3 nitrogen and oxygen atoms in total. The van der Waals surface area contributed by atoms with E-state index in [1.54, 1.807) is 13.2 Å². The number of alkyl halides is 3. The van der Waals surface area contributed by atoms with Crippen molar-refractivity contribution in [1.82, 2.24) is 10.2 Å². The molecule has 1 aliphatic rings. The maximum atomic E-state index is 13.3. The number of halogens is 4. The molecule has 0 spiro atoms. The van der Waals surface area contributed by atoms with Crippen molar-refractivity contribution < 1.29 is 17.9 Å². The fourth-order valence-corrected chi connectivity index (χ4v) is 3.52. The third kappa shape index (κ3) is 4.14. The molecular formula is C19H20ClF3N2O. The van der Waals surface area contributed by atoms with Gasteiger partial charge in [-0.3, -0.25) is 4.90 Å². The molecule has 0 amide bonds. The van der Waals surface area contributed by atoms with Crippen LogP contribution < -0.4 is 10.1 Å². The molecule has 1 saturated heterocycles. The lowest BCUT2D eigenvalue weighted by Gasteiger charge is -2.36. The zero-order valence-corrected chi connectivity index (χ0v) is 15.1. The Bertz CT molecular complexity index is 761. The van der Waals surface area contributed by atoms with Crippen LogP contribution in [0.3, 0.4) is 0 Å². The number of hydrogen-bond donors (Lipinski definition) is 1. The average Bonchev–Trinajstić information content (AvgIpc) is 2.63. The van der Waals surface area contributed by atoms with Crippen molar-refractivity contribution in [2.75, 3.05) is 33.3 Å². The molecule has 1 atom stereocenters. The highest BCUT2D eigenvalue weighted by atomic mass is 35.5. The summed E-state index contributed by atoms with van der Waals surface area (Å²) in [6, 6.07) is 11.3. The molecule has 1 aliphatic heterocycles. The lowest BCUT2D eigenvalue weighted by Crippen LogP contribution is -2.45. The molecule has 0 bridgehead atoms. The van der Waals surface area contributed by atoms with Crippen LogP contribution in [-0.2, 0) is 6.18 Å². The van der Waals surface area contributed by atoms with Gasteiger partial charge in [0.15, 0.2) is 0 Å². The predicted molar refractivity (Wildman–Crippen MR) is 95.7 cm³/mol. The third-order valence-corrected chi connectivity index (χ3v) is 4.87. The Balaban J connectivity index is 2.08. The van der Waals surface area contributed by atoms with Crippen LogP contribution in [0.15, 0.2) is 42.5 Å². The predicted octanol–water partition coefficient (Wildman–Crippen LogP) is 4.36. The van der Waals surface area contributed by atoms with Gasteiger partial charge in [0.05, 0.1) is 23.7 Å². The molecule has 140 valence electrons. The Kier molecular flexibility index (Phi) is 5.75. The number of hydrogen-bond acceptors (Lipinski definition) is 3. The van der Waals surface area contributed by atoms with Crippen LogP contribution in [0.25, 0.3) is 0 Å². The molecule has 3 rings (SSSR count). The summed E-state index contributed by atoms with van der Waals surface area (Å²) in [4.78, 5) is 2.18. The summed E-state index contributed by atoms with van der Waals surface area (Å²) in [5, 5.41) is 2.99. The van der Waals surface area contributed by atoms with Crippen LogP contribution >= 0.6 is 11.6 Å². The minimum absolute atomic E-state index is 0.286. The first kappa shape index (κ1) is 19.0. The second-order valence-corrected chi connectivity index (χ2v) is 6.61. The minimum Gasteiger partial charge on any atom is -0.497 e. The van der Waals surface area contributed by atoms with E-state index in [1.807, 2.05) is 24.3 Å². The first-order chi connectivity index (χ1) is 12.4. The van der Waals surface area contributed by atoms with Gasteiger partial charge in [0.2, 0.25) is 0 Å². The van der Waals surface area contributed by atoms with Gasteiger partial charge in [0.25, 0.3) is 0 Å². The smallest absolute Gasteiger partial charge is 0.417 e. The quantitative estimate of drug-likeness (QED) is 0.847. The number of methoxy groups -OCH3 is 1. The van der Waals surface area contributed by atoms with Crippen LogP contribution in [0.4, 0.5) is 13.2 Å². The summed E-state index contributed by atoms with van der Waals surface area (Å²) in [5.74, 6) is 0.674. The third-order valence-electron chi connectivity index (χ3n) is 4.54. The number of rotatable bonds is 4. The van der Waals surface area contributed by atoms with Crippen molar-refractivity contribution in [2.45, 2.75) is 12.2 Å². The van der Waals surface area contributed by atoms with E-state index in [0.29, 0.717) is 11.3 Å². The average molecular weight is 385 g/mol. The topological polar surface area (TPSA) is 24.5 Å². The van der Waals surface area contributed by atoms with E-state index >= 15 is 0 Å². The van der Waals surface area contributed by atoms with E-state index in [9.17, 15) is 13.2 Å². The zero-order chi connectivity index (χ0) is 18.7. The summed E-state index contributed by atoms with van der Waals surface area (Å²) in [6.07, 6.45) is -4.49. The summed E-state index contributed by atoms with van der Waals surface area (Å²) >= 11 is 5.80. The summed E-state index contributed by atoms with van der Waals surface area (Å²) in [6.45, 7) is 3.07. The van der Waals surface area contributed by atoms with Crippen LogP contribution in [0.5, 0.6) is 5.75 Å². The Morgan fingerprint density at radius 2 is 1.77 bits per heavy atom. The van der Waals surface area contributed by atoms with E-state index in [1.165, 1.54) is 6.07 Å². The number of ether oxygens (including phenoxy) is 1. The van der Waals surface area contributed by atoms with E-state index in [2.05, 4.69) is 10.2 Å². The number of benzene rings is 2. The lowest BCUT2D eigenvalue weighted by atomic mass is 9.94. The fraction of sp³-hybridized carbons (Fsp3) is 0.368. The first-order valence-corrected chi connectivity index (χ1v) is 8.73. The van der Waals surface area contributed by atoms with Crippen molar-refractivity contribution >= 4 is 11.6 Å². The highest BCUT2D eigenvalue weighted by Crippen LogP contribution is 2.39. The van der Waals surface area contributed by atoms with E-state index in [4.69, 9.17) is 16.3 Å². The molecule has 26 heavy (non-hydrogen) atoms. The van der Waals surface area contributed by atoms with Crippen molar-refractivity contribution in [2.24, 2.45) is 0 Å². The Morgan fingerprint density at radius 1 is 1.08 bits per heavy atom. The van der Waals surface area contributed by atoms with Gasteiger partial charge in [0.1, 0.15) is 5.75 Å². The van der Waals surface area contributed by atoms with Gasteiger partial charge in [-0.25, -0.2) is 0 Å². The molecule has 1 N–H and O–H groups in total. The molecule has 1 fully saturated rings. The molecule has 2 aromatic rings. The van der Waals surface area contributed by atoms with E-state index < -0.39 is 11.7 Å². The second-order valence-electron chi connectivity index (χ2n) is 6.20. The normalized spacial score (nSPS) is 17.1. The minimum atomic E-state index is -4.49. The van der Waals surface area contributed by atoms with Gasteiger partial charge < -0.3 is 10.1 Å². The molecular weight excluding hydrogens is 365 g/mol. The summed E-state index contributed by atoms with van der Waals surface area (Å²) in [7, 11) is 1.57. The van der Waals surface area contributed by atoms with Crippen LogP contribution in [0, 0.1) is 0 Å². The SMILES string of the molecule is COc1cccc(C(c2ccc(Cl)c(C(F)(F)F)c2)N2CCNCC2)c1. The maximum Gasteiger partial charge on any atom is 0.417 e. The Morgan fingerprint density at radius 3 is 2.42 bits per heavy atom. The monoisotopic (exact) mass is 384 g/mol. The molecule has 2 aromatic carbocycles. The van der Waals surface area contributed by atoms with Gasteiger partial charge in [-0.15, -0.1) is 0 Å². The van der Waals surface area contributed by atoms with Crippen LogP contribution in [0.2, 0.25) is 5.02 Å². The van der Waals surface area contributed by atoms with E-state index in [-0.39, 0.29) is 11.1 Å². The van der Waals surface area contributed by atoms with Crippen LogP contribution in [-0.4, -0.2) is 38.2 Å². The van der Waals surface area contributed by atoms with Crippen molar-refractivity contribution in [1.29, 1.82) is 0 Å². The molecule has 7 heteroatoms. The Hall–Kier alpha value is -1.76. The molecule has 0 radical (unpaired) electrons. The molecule has 1 heterocycles. The second kappa shape index (κ2) is 7.86. The first-order valence-electron chi connectivity index (χ1n) is 8.35. The van der Waals surface area contributed by atoms with Crippen molar-refractivity contribution in [3.63, 3.8) is 0 Å². The molecule has 0 aromatic heterocycles. The number of piperazine rings is 1. The van der Waals surface area contributed by atoms with Crippen molar-refractivity contribution in [3.8, 4) is 5.75 Å². The highest BCUT2D eigenvalue weighted by Gasteiger charge is 2.35. The highest BCUT2D eigenvalue weighted by molar-refractivity contribution is 6.31. The van der Waals surface area contributed by atoms with Crippen molar-refractivity contribution in [3.05, 3.63) is 64.2 Å². The molecule has 0 saturated carbocycles. The fourth-order valence-electron chi connectivity index (χ4n) is 3.30. The van der Waals surface area contributed by atoms with Gasteiger partial charge >= 0.3 is 6.18 Å². The van der Waals surface area contributed by atoms with Gasteiger partial charge in [0, 0.05) is 26.2 Å². The largest absolute Gasteiger partial charge is 0.497 e. The number of nitrogens with one attached hydrogen (secondary N) is 1. The summed E-state index contributed by atoms with van der Waals surface area (Å²) < 4.78 is 45.3. The van der Waals surface area contributed by atoms with Crippen LogP contribution in [0.1, 0.15) is 22.7 Å². The Labute approximate surface area is 155 Å². The molecule has 0 aliphatic carbocycles. The summed E-state index contributed by atoms with van der Waals surface area (Å²) in [5.41, 5.74) is 0.651. The lowest BCUT2D eigenvalue weighted by molar-refractivity contribution is -0.137.